The first-order valence-corrected chi connectivity index (χ1v) is 7.57. The molecular weight excluding hydrogens is 268 g/mol. The Kier molecular flexibility index (Phi) is 5.31. The number of nitro groups is 1. The van der Waals surface area contributed by atoms with Crippen molar-refractivity contribution in [1.29, 1.82) is 0 Å². The van der Waals surface area contributed by atoms with Gasteiger partial charge in [0.25, 0.3) is 5.69 Å². The van der Waals surface area contributed by atoms with Gasteiger partial charge in [0.15, 0.2) is 0 Å². The number of hydrogen-bond donors (Lipinski definition) is 1. The third-order valence-electron chi connectivity index (χ3n) is 4.41. The third kappa shape index (κ3) is 4.25. The molecule has 1 unspecified atom stereocenters. The number of hydrogen-bond acceptors (Lipinski definition) is 4. The fourth-order valence-electron chi connectivity index (χ4n) is 2.70. The third-order valence-corrected chi connectivity index (χ3v) is 4.41. The molecule has 1 saturated carbocycles. The van der Waals surface area contributed by atoms with Crippen LogP contribution in [0.1, 0.15) is 44.2 Å². The number of benzene rings is 1. The quantitative estimate of drug-likeness (QED) is 0.559. The fourth-order valence-corrected chi connectivity index (χ4v) is 2.70. The van der Waals surface area contributed by atoms with E-state index in [0.717, 1.165) is 31.6 Å². The summed E-state index contributed by atoms with van der Waals surface area (Å²) in [7, 11) is 1.74. The molecule has 1 aliphatic carbocycles. The van der Waals surface area contributed by atoms with Gasteiger partial charge in [-0.05, 0) is 36.7 Å². The number of ether oxygens (including phenoxy) is 1. The zero-order chi connectivity index (χ0) is 15.3. The van der Waals surface area contributed by atoms with Crippen molar-refractivity contribution in [3.05, 3.63) is 39.9 Å². The van der Waals surface area contributed by atoms with E-state index in [1.54, 1.807) is 19.2 Å². The van der Waals surface area contributed by atoms with Crippen LogP contribution in [0.2, 0.25) is 0 Å². The van der Waals surface area contributed by atoms with Gasteiger partial charge in [-0.15, -0.1) is 0 Å². The highest BCUT2D eigenvalue weighted by atomic mass is 16.6. The van der Waals surface area contributed by atoms with Crippen molar-refractivity contribution in [2.24, 2.45) is 5.41 Å². The largest absolute Gasteiger partial charge is 0.385 e. The van der Waals surface area contributed by atoms with Crippen LogP contribution >= 0.6 is 0 Å². The van der Waals surface area contributed by atoms with Gasteiger partial charge in [-0.3, -0.25) is 10.1 Å². The molecule has 2 rings (SSSR count). The molecule has 0 aliphatic heterocycles. The Bertz CT molecular complexity index is 486. The minimum atomic E-state index is -0.336. The van der Waals surface area contributed by atoms with E-state index in [2.05, 4.69) is 12.2 Å². The van der Waals surface area contributed by atoms with Crippen molar-refractivity contribution in [3.63, 3.8) is 0 Å². The summed E-state index contributed by atoms with van der Waals surface area (Å²) >= 11 is 0. The van der Waals surface area contributed by atoms with Crippen LogP contribution in [-0.4, -0.2) is 25.2 Å². The molecule has 0 bridgehead atoms. The average molecular weight is 292 g/mol. The summed E-state index contributed by atoms with van der Waals surface area (Å²) in [5.74, 6) is 0. The molecule has 1 aromatic carbocycles. The van der Waals surface area contributed by atoms with Gasteiger partial charge >= 0.3 is 0 Å². The van der Waals surface area contributed by atoms with Crippen LogP contribution < -0.4 is 5.32 Å². The first-order valence-electron chi connectivity index (χ1n) is 7.57. The molecular formula is C16H24N2O3. The molecule has 1 aromatic rings. The smallest absolute Gasteiger partial charge is 0.269 e. The predicted octanol–water partition coefficient (Wildman–Crippen LogP) is 3.45. The molecule has 1 N–H and O–H groups in total. The van der Waals surface area contributed by atoms with Gasteiger partial charge in [-0.1, -0.05) is 19.1 Å². The summed E-state index contributed by atoms with van der Waals surface area (Å²) in [6.45, 7) is 3.86. The van der Waals surface area contributed by atoms with Crippen LogP contribution in [0.5, 0.6) is 0 Å². The van der Waals surface area contributed by atoms with E-state index in [1.165, 1.54) is 18.9 Å². The van der Waals surface area contributed by atoms with E-state index in [0.29, 0.717) is 5.41 Å². The Hall–Kier alpha value is -1.46. The first kappa shape index (κ1) is 15.9. The summed E-state index contributed by atoms with van der Waals surface area (Å²) in [5.41, 5.74) is 1.53. The zero-order valence-corrected chi connectivity index (χ0v) is 12.8. The Balaban J connectivity index is 1.97. The lowest BCUT2D eigenvalue weighted by Gasteiger charge is -2.22. The number of non-ortho nitro benzene ring substituents is 1. The Labute approximate surface area is 125 Å². The molecule has 5 nitrogen and oxygen atoms in total. The molecule has 1 atom stereocenters. The lowest BCUT2D eigenvalue weighted by atomic mass is 9.99. The van der Waals surface area contributed by atoms with Crippen LogP contribution in [0, 0.1) is 15.5 Å². The van der Waals surface area contributed by atoms with Crippen molar-refractivity contribution < 1.29 is 9.66 Å². The van der Waals surface area contributed by atoms with Crippen molar-refractivity contribution in [2.75, 3.05) is 20.3 Å². The summed E-state index contributed by atoms with van der Waals surface area (Å²) in [6, 6.07) is 7.11. The van der Waals surface area contributed by atoms with Crippen LogP contribution in [0.15, 0.2) is 24.3 Å². The zero-order valence-electron chi connectivity index (χ0n) is 12.8. The number of methoxy groups -OCH3 is 1. The van der Waals surface area contributed by atoms with Gasteiger partial charge in [0.05, 0.1) is 4.92 Å². The molecule has 1 aliphatic rings. The SMILES string of the molecule is CCC(NCC1(CCOC)CC1)c1cccc([N+](=O)[O-])c1. The Morgan fingerprint density at radius 2 is 2.24 bits per heavy atom. The maximum Gasteiger partial charge on any atom is 0.269 e. The molecule has 5 heteroatoms. The lowest BCUT2D eigenvalue weighted by Crippen LogP contribution is -2.28. The Morgan fingerprint density at radius 3 is 2.81 bits per heavy atom. The molecule has 116 valence electrons. The topological polar surface area (TPSA) is 64.4 Å². The van der Waals surface area contributed by atoms with Gasteiger partial charge in [-0.25, -0.2) is 0 Å². The van der Waals surface area contributed by atoms with Gasteiger partial charge in [0.1, 0.15) is 0 Å². The second-order valence-electron chi connectivity index (χ2n) is 5.94. The fraction of sp³-hybridized carbons (Fsp3) is 0.625. The maximum absolute atomic E-state index is 10.9. The molecule has 0 radical (unpaired) electrons. The average Bonchev–Trinajstić information content (AvgIpc) is 3.26. The van der Waals surface area contributed by atoms with E-state index in [-0.39, 0.29) is 16.7 Å². The number of rotatable bonds is 9. The first-order chi connectivity index (χ1) is 10.1. The van der Waals surface area contributed by atoms with E-state index < -0.39 is 0 Å². The number of nitrogens with zero attached hydrogens (tertiary/aromatic N) is 1. The van der Waals surface area contributed by atoms with E-state index in [4.69, 9.17) is 4.74 Å². The van der Waals surface area contributed by atoms with E-state index in [1.807, 2.05) is 6.07 Å². The van der Waals surface area contributed by atoms with Gasteiger partial charge in [-0.2, -0.15) is 0 Å². The monoisotopic (exact) mass is 292 g/mol. The van der Waals surface area contributed by atoms with Gasteiger partial charge in [0.2, 0.25) is 0 Å². The normalized spacial score (nSPS) is 17.4. The lowest BCUT2D eigenvalue weighted by molar-refractivity contribution is -0.384. The molecule has 0 amide bonds. The molecule has 0 heterocycles. The van der Waals surface area contributed by atoms with Crippen molar-refractivity contribution in [3.8, 4) is 0 Å². The molecule has 21 heavy (non-hydrogen) atoms. The van der Waals surface area contributed by atoms with Crippen molar-refractivity contribution in [1.82, 2.24) is 5.32 Å². The maximum atomic E-state index is 10.9. The van der Waals surface area contributed by atoms with Crippen molar-refractivity contribution >= 4 is 5.69 Å². The highest BCUT2D eigenvalue weighted by Crippen LogP contribution is 2.48. The predicted molar refractivity (Wildman–Crippen MR) is 82.3 cm³/mol. The second kappa shape index (κ2) is 7.00. The van der Waals surface area contributed by atoms with Crippen LogP contribution in [0.3, 0.4) is 0 Å². The van der Waals surface area contributed by atoms with E-state index >= 15 is 0 Å². The highest BCUT2D eigenvalue weighted by molar-refractivity contribution is 5.35. The molecule has 0 saturated heterocycles. The standard InChI is InChI=1S/C16H24N2O3/c1-3-15(13-5-4-6-14(11-13)18(19)20)17-12-16(7-8-16)9-10-21-2/h4-6,11,15,17H,3,7-10,12H2,1-2H3. The van der Waals surface area contributed by atoms with Gasteiger partial charge < -0.3 is 10.1 Å². The van der Waals surface area contributed by atoms with Crippen LogP contribution in [0.25, 0.3) is 0 Å². The minimum Gasteiger partial charge on any atom is -0.385 e. The summed E-state index contributed by atoms with van der Waals surface area (Å²) in [5, 5.41) is 14.5. The highest BCUT2D eigenvalue weighted by Gasteiger charge is 2.41. The van der Waals surface area contributed by atoms with Crippen LogP contribution in [-0.2, 0) is 4.74 Å². The second-order valence-corrected chi connectivity index (χ2v) is 5.94. The van der Waals surface area contributed by atoms with Crippen molar-refractivity contribution in [2.45, 2.75) is 38.6 Å². The van der Waals surface area contributed by atoms with Gasteiger partial charge in [0, 0.05) is 38.4 Å². The molecule has 1 fully saturated rings. The summed E-state index contributed by atoms with van der Waals surface area (Å²) in [4.78, 5) is 10.5. The summed E-state index contributed by atoms with van der Waals surface area (Å²) in [6.07, 6.45) is 4.49. The number of nitro benzene ring substituents is 1. The van der Waals surface area contributed by atoms with Crippen LogP contribution in [0.4, 0.5) is 5.69 Å². The Morgan fingerprint density at radius 1 is 1.48 bits per heavy atom. The number of nitrogens with one attached hydrogen (secondary N) is 1. The van der Waals surface area contributed by atoms with E-state index in [9.17, 15) is 10.1 Å². The minimum absolute atomic E-state index is 0.160. The molecule has 0 aromatic heterocycles. The molecule has 0 spiro atoms. The summed E-state index contributed by atoms with van der Waals surface area (Å²) < 4.78 is 5.17.